The van der Waals surface area contributed by atoms with Gasteiger partial charge in [0.05, 0.1) is 12.2 Å². The van der Waals surface area contributed by atoms with E-state index in [0.717, 1.165) is 12.8 Å². The van der Waals surface area contributed by atoms with Gasteiger partial charge in [0.1, 0.15) is 6.10 Å². The summed E-state index contributed by atoms with van der Waals surface area (Å²) < 4.78 is 10.7. The average molecular weight is 326 g/mol. The summed E-state index contributed by atoms with van der Waals surface area (Å²) in [5.41, 5.74) is 0. The minimum Gasteiger partial charge on any atom is -0.459 e. The number of unbranched alkanes of at least 4 members (excludes halogenated alkanes) is 6. The molecule has 4 nitrogen and oxygen atoms in total. The molecule has 0 amide bonds. The third-order valence-corrected chi connectivity index (χ3v) is 4.47. The van der Waals surface area contributed by atoms with Crippen LogP contribution in [0.4, 0.5) is 0 Å². The van der Waals surface area contributed by atoms with E-state index in [0.29, 0.717) is 19.3 Å². The van der Waals surface area contributed by atoms with Crippen LogP contribution in [0.3, 0.4) is 0 Å². The lowest BCUT2D eigenvalue weighted by Gasteiger charge is -2.24. The van der Waals surface area contributed by atoms with Crippen molar-refractivity contribution in [2.24, 2.45) is 0 Å². The van der Waals surface area contributed by atoms with E-state index in [1.54, 1.807) is 7.11 Å². The Kier molecular flexibility index (Phi) is 11.0. The molecule has 0 bridgehead atoms. The fraction of sp³-hybridized carbons (Fsp3) is 0.842. The van der Waals surface area contributed by atoms with Crippen LogP contribution in [0, 0.1) is 0 Å². The Balaban J connectivity index is 2.11. The molecule has 134 valence electrons. The van der Waals surface area contributed by atoms with Crippen molar-refractivity contribution in [3.05, 3.63) is 12.2 Å². The zero-order valence-electron chi connectivity index (χ0n) is 14.8. The van der Waals surface area contributed by atoms with Crippen LogP contribution < -0.4 is 0 Å². The maximum absolute atomic E-state index is 11.2. The maximum atomic E-state index is 11.2. The smallest absolute Gasteiger partial charge is 0.330 e. The zero-order valence-corrected chi connectivity index (χ0v) is 14.8. The third kappa shape index (κ3) is 9.77. The molecule has 0 fully saturated rings. The Morgan fingerprint density at radius 1 is 1.26 bits per heavy atom. The number of hydrogen-bond donors (Lipinski definition) is 1. The predicted molar refractivity (Wildman–Crippen MR) is 92.3 cm³/mol. The van der Waals surface area contributed by atoms with Gasteiger partial charge < -0.3 is 14.6 Å². The van der Waals surface area contributed by atoms with Gasteiger partial charge in [-0.1, -0.05) is 57.9 Å². The van der Waals surface area contributed by atoms with E-state index >= 15 is 0 Å². The van der Waals surface area contributed by atoms with Crippen LogP contribution in [0.15, 0.2) is 12.2 Å². The van der Waals surface area contributed by atoms with Crippen LogP contribution in [-0.4, -0.2) is 36.5 Å². The Hall–Kier alpha value is -0.870. The molecule has 0 saturated heterocycles. The molecule has 0 aromatic carbocycles. The Labute approximate surface area is 141 Å². The lowest BCUT2D eigenvalue weighted by molar-refractivity contribution is -0.145. The molecular weight excluding hydrogens is 292 g/mol. The molecule has 0 aliphatic carbocycles. The fourth-order valence-corrected chi connectivity index (χ4v) is 3.08. The summed E-state index contributed by atoms with van der Waals surface area (Å²) >= 11 is 0. The molecule has 0 radical (unpaired) electrons. The number of carbonyl (C=O) groups is 1. The van der Waals surface area contributed by atoms with E-state index in [4.69, 9.17) is 9.47 Å². The molecule has 0 unspecified atom stereocenters. The first-order chi connectivity index (χ1) is 11.2. The molecule has 23 heavy (non-hydrogen) atoms. The SMILES string of the molecule is CCCCCCCCC[C@H](C[C@H](O)C[C@@H]1CC=CC(=O)O1)OC. The van der Waals surface area contributed by atoms with Gasteiger partial charge in [0.15, 0.2) is 0 Å². The van der Waals surface area contributed by atoms with Gasteiger partial charge in [-0.05, 0) is 12.8 Å². The molecule has 1 N–H and O–H groups in total. The van der Waals surface area contributed by atoms with Gasteiger partial charge in [-0.3, -0.25) is 0 Å². The molecule has 0 aromatic rings. The molecule has 0 aromatic heterocycles. The summed E-state index contributed by atoms with van der Waals surface area (Å²) in [7, 11) is 1.71. The summed E-state index contributed by atoms with van der Waals surface area (Å²) in [4.78, 5) is 11.2. The number of cyclic esters (lactones) is 1. The minimum absolute atomic E-state index is 0.0930. The number of carbonyl (C=O) groups excluding carboxylic acids is 1. The first kappa shape index (κ1) is 20.2. The van der Waals surface area contributed by atoms with Gasteiger partial charge in [-0.2, -0.15) is 0 Å². The van der Waals surface area contributed by atoms with E-state index in [-0.39, 0.29) is 18.2 Å². The highest BCUT2D eigenvalue weighted by Crippen LogP contribution is 2.19. The van der Waals surface area contributed by atoms with E-state index in [2.05, 4.69) is 6.92 Å². The first-order valence-electron chi connectivity index (χ1n) is 9.23. The molecule has 0 saturated carbocycles. The summed E-state index contributed by atoms with van der Waals surface area (Å²) in [6, 6.07) is 0. The van der Waals surface area contributed by atoms with Gasteiger partial charge in [0.2, 0.25) is 0 Å². The largest absolute Gasteiger partial charge is 0.459 e. The average Bonchev–Trinajstić information content (AvgIpc) is 2.52. The minimum atomic E-state index is -0.478. The van der Waals surface area contributed by atoms with Crippen molar-refractivity contribution in [1.29, 1.82) is 0 Å². The number of hydrogen-bond acceptors (Lipinski definition) is 4. The van der Waals surface area contributed by atoms with Crippen LogP contribution in [0.2, 0.25) is 0 Å². The van der Waals surface area contributed by atoms with E-state index in [1.807, 2.05) is 6.08 Å². The second-order valence-electron chi connectivity index (χ2n) is 6.59. The van der Waals surface area contributed by atoms with Crippen LogP contribution >= 0.6 is 0 Å². The summed E-state index contributed by atoms with van der Waals surface area (Å²) in [6.45, 7) is 2.24. The molecule has 0 spiro atoms. The van der Waals surface area contributed by atoms with Gasteiger partial charge >= 0.3 is 5.97 Å². The second-order valence-corrected chi connectivity index (χ2v) is 6.59. The van der Waals surface area contributed by atoms with E-state index < -0.39 is 6.10 Å². The van der Waals surface area contributed by atoms with Crippen molar-refractivity contribution in [2.75, 3.05) is 7.11 Å². The van der Waals surface area contributed by atoms with Crippen molar-refractivity contribution in [1.82, 2.24) is 0 Å². The fourth-order valence-electron chi connectivity index (χ4n) is 3.08. The Morgan fingerprint density at radius 3 is 2.61 bits per heavy atom. The molecular formula is C19H34O4. The van der Waals surface area contributed by atoms with Crippen LogP contribution in [-0.2, 0) is 14.3 Å². The molecule has 1 aliphatic heterocycles. The van der Waals surface area contributed by atoms with Gasteiger partial charge in [-0.15, -0.1) is 0 Å². The van der Waals surface area contributed by atoms with Crippen molar-refractivity contribution in [2.45, 2.75) is 95.9 Å². The Morgan fingerprint density at radius 2 is 1.96 bits per heavy atom. The highest BCUT2D eigenvalue weighted by atomic mass is 16.5. The molecule has 4 heteroatoms. The third-order valence-electron chi connectivity index (χ3n) is 4.47. The topological polar surface area (TPSA) is 55.8 Å². The highest BCUT2D eigenvalue weighted by molar-refractivity contribution is 5.82. The van der Waals surface area contributed by atoms with Gasteiger partial charge in [0, 0.05) is 26.0 Å². The van der Waals surface area contributed by atoms with Gasteiger partial charge in [0.25, 0.3) is 0 Å². The number of aliphatic hydroxyl groups excluding tert-OH is 1. The number of rotatable bonds is 13. The normalized spacial score (nSPS) is 20.3. The highest BCUT2D eigenvalue weighted by Gasteiger charge is 2.22. The number of esters is 1. The lowest BCUT2D eigenvalue weighted by atomic mass is 9.99. The summed E-state index contributed by atoms with van der Waals surface area (Å²) in [5.74, 6) is -0.306. The molecule has 1 heterocycles. The number of methoxy groups -OCH3 is 1. The van der Waals surface area contributed by atoms with Crippen molar-refractivity contribution in [3.8, 4) is 0 Å². The van der Waals surface area contributed by atoms with Crippen molar-refractivity contribution in [3.63, 3.8) is 0 Å². The second kappa shape index (κ2) is 12.5. The molecule has 3 atom stereocenters. The van der Waals surface area contributed by atoms with Crippen LogP contribution in [0.1, 0.15) is 77.6 Å². The molecule has 1 aliphatic rings. The number of ether oxygens (including phenoxy) is 2. The van der Waals surface area contributed by atoms with Crippen molar-refractivity contribution >= 4 is 5.97 Å². The van der Waals surface area contributed by atoms with Crippen LogP contribution in [0.25, 0.3) is 0 Å². The Bertz CT molecular complexity index is 340. The van der Waals surface area contributed by atoms with Crippen LogP contribution in [0.5, 0.6) is 0 Å². The first-order valence-corrected chi connectivity index (χ1v) is 9.23. The quantitative estimate of drug-likeness (QED) is 0.408. The number of aliphatic hydroxyl groups is 1. The zero-order chi connectivity index (χ0) is 16.9. The summed E-state index contributed by atoms with van der Waals surface area (Å²) in [6.07, 6.45) is 14.5. The van der Waals surface area contributed by atoms with E-state index in [9.17, 15) is 9.90 Å². The van der Waals surface area contributed by atoms with Gasteiger partial charge in [-0.25, -0.2) is 4.79 Å². The standard InChI is InChI=1S/C19H34O4/c1-3-4-5-6-7-8-9-11-17(22-2)14-16(20)15-18-12-10-13-19(21)23-18/h10,13,16-18,20H,3-9,11-12,14-15H2,1-2H3/t16-,17+,18-/m0/s1. The molecule has 1 rings (SSSR count). The maximum Gasteiger partial charge on any atom is 0.330 e. The van der Waals surface area contributed by atoms with E-state index in [1.165, 1.54) is 44.6 Å². The van der Waals surface area contributed by atoms with Crippen molar-refractivity contribution < 1.29 is 19.4 Å². The summed E-state index contributed by atoms with van der Waals surface area (Å²) in [5, 5.41) is 10.2. The predicted octanol–water partition coefficient (Wildman–Crippen LogP) is 4.15. The monoisotopic (exact) mass is 326 g/mol. The lowest BCUT2D eigenvalue weighted by Crippen LogP contribution is -2.28.